The smallest absolute Gasteiger partial charge is 0.242 e. The summed E-state index contributed by atoms with van der Waals surface area (Å²) in [7, 11) is 2.21. The zero-order valence-corrected chi connectivity index (χ0v) is 16.3. The fraction of sp³-hybridized carbons (Fsp3) is 0.348. The van der Waals surface area contributed by atoms with E-state index in [4.69, 9.17) is 0 Å². The van der Waals surface area contributed by atoms with Crippen LogP contribution in [0, 0.1) is 5.92 Å². The van der Waals surface area contributed by atoms with E-state index in [0.29, 0.717) is 6.42 Å². The minimum Gasteiger partial charge on any atom is -0.312 e. The molecule has 0 radical (unpaired) electrons. The molecule has 3 heterocycles. The molecule has 2 aromatic rings. The zero-order valence-electron chi connectivity index (χ0n) is 16.3. The summed E-state index contributed by atoms with van der Waals surface area (Å²) in [6.07, 6.45) is 5.57. The highest BCUT2D eigenvalue weighted by atomic mass is 16.2. The van der Waals surface area contributed by atoms with Crippen molar-refractivity contribution in [2.75, 3.05) is 31.7 Å². The number of carbonyl (C=O) groups excluding carboxylic acids is 1. The van der Waals surface area contributed by atoms with Gasteiger partial charge in [0, 0.05) is 31.8 Å². The van der Waals surface area contributed by atoms with Crippen LogP contribution in [-0.4, -0.2) is 43.5 Å². The second-order valence-electron chi connectivity index (χ2n) is 7.74. The second kappa shape index (κ2) is 8.59. The molecule has 2 fully saturated rings. The summed E-state index contributed by atoms with van der Waals surface area (Å²) in [5.74, 6) is 0.977. The van der Waals surface area contributed by atoms with Crippen LogP contribution in [-0.2, 0) is 4.79 Å². The van der Waals surface area contributed by atoms with Crippen LogP contribution in [0.25, 0.3) is 11.1 Å². The van der Waals surface area contributed by atoms with Crippen molar-refractivity contribution in [2.45, 2.75) is 18.9 Å². The standard InChI is InChI=1S/C16H14N2O.C7H14N2/c19-16-7-4-12-18(17-16)15-10-8-14(9-11-15)13-5-2-1-3-6-13;1-9-4-6-2-3-8-7(6)5-9/h1-6,8-12H,7H2,(H,17,19);6-8H,2-5H2,1H3/t;6-,7+/m.1/s1. The highest BCUT2D eigenvalue weighted by Crippen LogP contribution is 2.24. The van der Waals surface area contributed by atoms with Gasteiger partial charge in [0.1, 0.15) is 0 Å². The number of amides is 1. The molecule has 2 atom stereocenters. The van der Waals surface area contributed by atoms with Crippen LogP contribution in [0.1, 0.15) is 12.8 Å². The molecule has 2 aromatic carbocycles. The Morgan fingerprint density at radius 1 is 0.964 bits per heavy atom. The summed E-state index contributed by atoms with van der Waals surface area (Å²) >= 11 is 0. The van der Waals surface area contributed by atoms with Crippen LogP contribution in [0.15, 0.2) is 66.9 Å². The SMILES string of the molecule is CN1C[C@H]2CCN[C@H]2C1.O=C1CC=CN(c2ccc(-c3ccccc3)cc2)N1. The largest absolute Gasteiger partial charge is 0.312 e. The third kappa shape index (κ3) is 4.43. The minimum absolute atomic E-state index is 0.00892. The van der Waals surface area contributed by atoms with Crippen LogP contribution in [0.2, 0.25) is 0 Å². The number of likely N-dealkylation sites (N-methyl/N-ethyl adjacent to an activating group) is 1. The van der Waals surface area contributed by atoms with E-state index in [1.54, 1.807) is 5.01 Å². The van der Waals surface area contributed by atoms with Crippen molar-refractivity contribution in [3.05, 3.63) is 66.9 Å². The first-order valence-corrected chi connectivity index (χ1v) is 10.0. The lowest BCUT2D eigenvalue weighted by Crippen LogP contribution is -2.40. The minimum atomic E-state index is 0.00892. The summed E-state index contributed by atoms with van der Waals surface area (Å²) in [6.45, 7) is 3.84. The van der Waals surface area contributed by atoms with E-state index in [1.807, 2.05) is 42.6 Å². The Balaban J connectivity index is 0.000000177. The maximum atomic E-state index is 11.3. The van der Waals surface area contributed by atoms with E-state index in [-0.39, 0.29) is 5.91 Å². The first-order valence-electron chi connectivity index (χ1n) is 10.0. The summed E-state index contributed by atoms with van der Waals surface area (Å²) in [4.78, 5) is 13.7. The van der Waals surface area contributed by atoms with Crippen molar-refractivity contribution >= 4 is 11.6 Å². The molecule has 2 saturated heterocycles. The Kier molecular flexibility index (Phi) is 5.74. The molecule has 5 heteroatoms. The number of anilines is 1. The first kappa shape index (κ1) is 18.7. The summed E-state index contributed by atoms with van der Waals surface area (Å²) in [5.41, 5.74) is 6.10. The number of nitrogens with zero attached hydrogens (tertiary/aromatic N) is 2. The van der Waals surface area contributed by atoms with Crippen molar-refractivity contribution < 1.29 is 4.79 Å². The Hall–Kier alpha value is -2.63. The van der Waals surface area contributed by atoms with Gasteiger partial charge in [0.25, 0.3) is 0 Å². The van der Waals surface area contributed by atoms with Crippen molar-refractivity contribution in [3.63, 3.8) is 0 Å². The van der Waals surface area contributed by atoms with Crippen LogP contribution in [0.4, 0.5) is 5.69 Å². The third-order valence-corrected chi connectivity index (χ3v) is 5.60. The number of nitrogens with one attached hydrogen (secondary N) is 2. The topological polar surface area (TPSA) is 47.6 Å². The Bertz CT molecular complexity index is 806. The van der Waals surface area contributed by atoms with Gasteiger partial charge < -0.3 is 10.2 Å². The zero-order chi connectivity index (χ0) is 19.3. The number of hydrazine groups is 1. The Morgan fingerprint density at radius 2 is 1.71 bits per heavy atom. The van der Waals surface area contributed by atoms with E-state index >= 15 is 0 Å². The third-order valence-electron chi connectivity index (χ3n) is 5.60. The van der Waals surface area contributed by atoms with Gasteiger partial charge in [-0.25, -0.2) is 0 Å². The van der Waals surface area contributed by atoms with Gasteiger partial charge in [-0.2, -0.15) is 0 Å². The molecule has 0 aromatic heterocycles. The molecule has 0 aliphatic carbocycles. The summed E-state index contributed by atoms with van der Waals surface area (Å²) in [6, 6.07) is 19.2. The number of rotatable bonds is 2. The first-order chi connectivity index (χ1) is 13.7. The lowest BCUT2D eigenvalue weighted by molar-refractivity contribution is -0.120. The molecule has 146 valence electrons. The predicted octanol–water partition coefficient (Wildman–Crippen LogP) is 3.02. The average Bonchev–Trinajstić information content (AvgIpc) is 3.30. The Morgan fingerprint density at radius 3 is 2.43 bits per heavy atom. The van der Waals surface area contributed by atoms with Gasteiger partial charge in [-0.1, -0.05) is 48.5 Å². The van der Waals surface area contributed by atoms with Gasteiger partial charge in [0.2, 0.25) is 5.91 Å². The number of benzene rings is 2. The molecule has 3 aliphatic rings. The average molecular weight is 377 g/mol. The van der Waals surface area contributed by atoms with Crippen molar-refractivity contribution in [1.82, 2.24) is 15.6 Å². The maximum absolute atomic E-state index is 11.3. The highest BCUT2D eigenvalue weighted by Gasteiger charge is 2.33. The van der Waals surface area contributed by atoms with Gasteiger partial charge in [-0.05, 0) is 49.2 Å². The normalized spacial score (nSPS) is 23.8. The van der Waals surface area contributed by atoms with E-state index in [1.165, 1.54) is 31.6 Å². The van der Waals surface area contributed by atoms with Crippen LogP contribution < -0.4 is 15.8 Å². The number of carbonyl (C=O) groups is 1. The lowest BCUT2D eigenvalue weighted by Gasteiger charge is -2.24. The molecule has 0 bridgehead atoms. The van der Waals surface area contributed by atoms with E-state index in [2.05, 4.69) is 47.0 Å². The molecule has 2 N–H and O–H groups in total. The fourth-order valence-electron chi connectivity index (χ4n) is 4.14. The predicted molar refractivity (Wildman–Crippen MR) is 114 cm³/mol. The summed E-state index contributed by atoms with van der Waals surface area (Å²) in [5, 5.41) is 5.24. The summed E-state index contributed by atoms with van der Waals surface area (Å²) < 4.78 is 0. The second-order valence-corrected chi connectivity index (χ2v) is 7.74. The van der Waals surface area contributed by atoms with E-state index in [0.717, 1.165) is 23.2 Å². The van der Waals surface area contributed by atoms with Crippen LogP contribution >= 0.6 is 0 Å². The molecule has 5 rings (SSSR count). The van der Waals surface area contributed by atoms with Crippen LogP contribution in [0.3, 0.4) is 0 Å². The van der Waals surface area contributed by atoms with Gasteiger partial charge in [0.15, 0.2) is 0 Å². The molecule has 5 nitrogen and oxygen atoms in total. The van der Waals surface area contributed by atoms with Gasteiger partial charge in [-0.3, -0.25) is 15.2 Å². The highest BCUT2D eigenvalue weighted by molar-refractivity contribution is 5.81. The monoisotopic (exact) mass is 376 g/mol. The molecule has 0 spiro atoms. The molecule has 3 aliphatic heterocycles. The maximum Gasteiger partial charge on any atom is 0.242 e. The Labute approximate surface area is 167 Å². The molecule has 1 amide bonds. The van der Waals surface area contributed by atoms with Gasteiger partial charge in [-0.15, -0.1) is 0 Å². The quantitative estimate of drug-likeness (QED) is 0.846. The van der Waals surface area contributed by atoms with Crippen molar-refractivity contribution in [1.29, 1.82) is 0 Å². The molecular weight excluding hydrogens is 348 g/mol. The van der Waals surface area contributed by atoms with Crippen molar-refractivity contribution in [3.8, 4) is 11.1 Å². The van der Waals surface area contributed by atoms with E-state index < -0.39 is 0 Å². The lowest BCUT2D eigenvalue weighted by atomic mass is 10.1. The van der Waals surface area contributed by atoms with Gasteiger partial charge in [0.05, 0.1) is 5.69 Å². The number of hydrogen-bond acceptors (Lipinski definition) is 4. The van der Waals surface area contributed by atoms with Gasteiger partial charge >= 0.3 is 0 Å². The molecular formula is C23H28N4O. The van der Waals surface area contributed by atoms with E-state index in [9.17, 15) is 4.79 Å². The number of hydrogen-bond donors (Lipinski definition) is 2. The fourth-order valence-corrected chi connectivity index (χ4v) is 4.14. The number of likely N-dealkylation sites (tertiary alicyclic amines) is 1. The van der Waals surface area contributed by atoms with Crippen molar-refractivity contribution in [2.24, 2.45) is 5.92 Å². The number of fused-ring (bicyclic) bond motifs is 1. The molecule has 0 saturated carbocycles. The van der Waals surface area contributed by atoms with Crippen LogP contribution in [0.5, 0.6) is 0 Å². The molecule has 28 heavy (non-hydrogen) atoms. The molecule has 0 unspecified atom stereocenters.